The molecule has 3 rings (SSSR count). The van der Waals surface area contributed by atoms with E-state index in [1.54, 1.807) is 11.1 Å². The van der Waals surface area contributed by atoms with Gasteiger partial charge < -0.3 is 9.64 Å². The van der Waals surface area contributed by atoms with E-state index in [1.165, 1.54) is 7.11 Å². The van der Waals surface area contributed by atoms with E-state index in [0.717, 1.165) is 30.5 Å². The number of ether oxygens (including phenoxy) is 1. The van der Waals surface area contributed by atoms with Gasteiger partial charge >= 0.3 is 6.09 Å². The number of nitrogens with zero attached hydrogens (tertiary/aromatic N) is 3. The molecule has 0 spiro atoms. The molecule has 2 aliphatic rings. The van der Waals surface area contributed by atoms with Crippen LogP contribution in [0.3, 0.4) is 0 Å². The van der Waals surface area contributed by atoms with Crippen LogP contribution < -0.4 is 0 Å². The molecule has 1 saturated heterocycles. The molecule has 1 aliphatic heterocycles. The number of hydrogen-bond donors (Lipinski definition) is 0. The minimum Gasteiger partial charge on any atom is -0.453 e. The predicted molar refractivity (Wildman–Crippen MR) is 89.2 cm³/mol. The van der Waals surface area contributed by atoms with Crippen molar-refractivity contribution in [3.05, 3.63) is 34.5 Å². The molecule has 6 nitrogen and oxygen atoms in total. The third kappa shape index (κ3) is 2.75. The van der Waals surface area contributed by atoms with Gasteiger partial charge in [-0.3, -0.25) is 4.98 Å². The number of nitroso groups, excluding NO2 is 1. The quantitative estimate of drug-likeness (QED) is 0.587. The maximum absolute atomic E-state index is 12.0. The molecular formula is C18H21N3O3. The Labute approximate surface area is 141 Å². The number of amides is 1. The molecule has 0 radical (unpaired) electrons. The highest BCUT2D eigenvalue weighted by Crippen LogP contribution is 2.46. The Hall–Kier alpha value is -2.42. The number of fused-ring (bicyclic) bond motifs is 1. The van der Waals surface area contributed by atoms with Crippen LogP contribution in [0.15, 0.2) is 23.5 Å². The highest BCUT2D eigenvalue weighted by Gasteiger charge is 2.57. The molecule has 2 fully saturated rings. The summed E-state index contributed by atoms with van der Waals surface area (Å²) in [4.78, 5) is 29.6. The van der Waals surface area contributed by atoms with Crippen molar-refractivity contribution >= 4 is 6.09 Å². The predicted octanol–water partition coefficient (Wildman–Crippen LogP) is 2.89. The number of carbonyl (C=O) groups is 1. The van der Waals surface area contributed by atoms with Crippen molar-refractivity contribution in [3.8, 4) is 11.8 Å². The minimum atomic E-state index is -0.818. The zero-order valence-electron chi connectivity index (χ0n) is 14.0. The Morgan fingerprint density at radius 2 is 2.33 bits per heavy atom. The fraction of sp³-hybridized carbons (Fsp3) is 0.556. The first-order valence-electron chi connectivity index (χ1n) is 8.24. The van der Waals surface area contributed by atoms with E-state index in [-0.39, 0.29) is 18.1 Å². The molecule has 6 heteroatoms. The van der Waals surface area contributed by atoms with Crippen molar-refractivity contribution in [3.63, 3.8) is 0 Å². The highest BCUT2D eigenvalue weighted by molar-refractivity contribution is 5.69. The van der Waals surface area contributed by atoms with Gasteiger partial charge in [-0.2, -0.15) is 4.91 Å². The maximum Gasteiger partial charge on any atom is 0.409 e. The van der Waals surface area contributed by atoms with Gasteiger partial charge in [0.1, 0.15) is 5.54 Å². The van der Waals surface area contributed by atoms with Crippen LogP contribution in [0.4, 0.5) is 4.79 Å². The second-order valence-electron chi connectivity index (χ2n) is 6.45. The molecular weight excluding hydrogens is 306 g/mol. The van der Waals surface area contributed by atoms with E-state index in [2.05, 4.69) is 22.0 Å². The lowest BCUT2D eigenvalue weighted by atomic mass is 9.70. The average molecular weight is 327 g/mol. The van der Waals surface area contributed by atoms with Gasteiger partial charge in [0.05, 0.1) is 19.1 Å². The lowest BCUT2D eigenvalue weighted by Crippen LogP contribution is -2.52. The van der Waals surface area contributed by atoms with Crippen molar-refractivity contribution in [1.82, 2.24) is 9.88 Å². The SMILES string of the molecule is COC(=O)N1CC[C@@]2(N=O)C(C#Cc3ccnc(C)c3)CCC[C@@H]12. The van der Waals surface area contributed by atoms with Crippen LogP contribution in [0.25, 0.3) is 0 Å². The van der Waals surface area contributed by atoms with Crippen LogP contribution in [-0.2, 0) is 4.74 Å². The first-order valence-corrected chi connectivity index (χ1v) is 8.24. The van der Waals surface area contributed by atoms with Gasteiger partial charge in [-0.25, -0.2) is 4.79 Å². The van der Waals surface area contributed by atoms with E-state index < -0.39 is 5.54 Å². The number of aromatic nitrogens is 1. The van der Waals surface area contributed by atoms with Crippen molar-refractivity contribution in [2.24, 2.45) is 11.1 Å². The van der Waals surface area contributed by atoms with Crippen LogP contribution in [0.2, 0.25) is 0 Å². The molecule has 0 aromatic carbocycles. The van der Waals surface area contributed by atoms with Crippen molar-refractivity contribution in [1.29, 1.82) is 0 Å². The topological polar surface area (TPSA) is 71.9 Å². The molecule has 1 unspecified atom stereocenters. The van der Waals surface area contributed by atoms with Crippen LogP contribution >= 0.6 is 0 Å². The molecule has 0 bridgehead atoms. The van der Waals surface area contributed by atoms with Crippen LogP contribution in [0.5, 0.6) is 0 Å². The third-order valence-corrected chi connectivity index (χ3v) is 5.15. The number of hydrogen-bond acceptors (Lipinski definition) is 5. The summed E-state index contributed by atoms with van der Waals surface area (Å²) in [6.07, 6.45) is 4.41. The summed E-state index contributed by atoms with van der Waals surface area (Å²) < 4.78 is 4.85. The van der Waals surface area contributed by atoms with Gasteiger partial charge in [0.25, 0.3) is 0 Å². The molecule has 2 heterocycles. The van der Waals surface area contributed by atoms with E-state index in [4.69, 9.17) is 4.74 Å². The Bertz CT molecular complexity index is 709. The number of rotatable bonds is 1. The Morgan fingerprint density at radius 1 is 1.50 bits per heavy atom. The van der Waals surface area contributed by atoms with Crippen molar-refractivity contribution in [2.45, 2.75) is 44.2 Å². The number of methoxy groups -OCH3 is 1. The lowest BCUT2D eigenvalue weighted by Gasteiger charge is -2.39. The normalized spacial score (nSPS) is 28.5. The smallest absolute Gasteiger partial charge is 0.409 e. The molecule has 1 aliphatic carbocycles. The van der Waals surface area contributed by atoms with Gasteiger partial charge in [-0.05, 0) is 44.7 Å². The van der Waals surface area contributed by atoms with Gasteiger partial charge in [-0.1, -0.05) is 17.0 Å². The largest absolute Gasteiger partial charge is 0.453 e. The zero-order chi connectivity index (χ0) is 17.2. The number of pyridine rings is 1. The second-order valence-corrected chi connectivity index (χ2v) is 6.45. The van der Waals surface area contributed by atoms with Gasteiger partial charge in [0.15, 0.2) is 0 Å². The first-order chi connectivity index (χ1) is 11.6. The summed E-state index contributed by atoms with van der Waals surface area (Å²) in [5, 5.41) is 3.50. The average Bonchev–Trinajstić information content (AvgIpc) is 2.99. The zero-order valence-corrected chi connectivity index (χ0v) is 14.0. The number of carbonyl (C=O) groups excluding carboxylic acids is 1. The summed E-state index contributed by atoms with van der Waals surface area (Å²) in [6, 6.07) is 3.56. The Morgan fingerprint density at radius 3 is 3.04 bits per heavy atom. The fourth-order valence-electron chi connectivity index (χ4n) is 3.97. The number of aryl methyl sites for hydroxylation is 1. The highest BCUT2D eigenvalue weighted by atomic mass is 16.5. The van der Waals surface area contributed by atoms with Gasteiger partial charge in [-0.15, -0.1) is 0 Å². The lowest BCUT2D eigenvalue weighted by molar-refractivity contribution is 0.0928. The molecule has 1 amide bonds. The molecule has 126 valence electrons. The maximum atomic E-state index is 12.0. The van der Waals surface area contributed by atoms with E-state index >= 15 is 0 Å². The molecule has 1 aromatic heterocycles. The monoisotopic (exact) mass is 327 g/mol. The summed E-state index contributed by atoms with van der Waals surface area (Å²) in [5.41, 5.74) is 0.972. The fourth-order valence-corrected chi connectivity index (χ4v) is 3.97. The Kier molecular flexibility index (Phi) is 4.52. The third-order valence-electron chi connectivity index (χ3n) is 5.15. The van der Waals surface area contributed by atoms with Crippen LogP contribution in [0, 0.1) is 29.6 Å². The summed E-state index contributed by atoms with van der Waals surface area (Å²) in [6.45, 7) is 2.41. The van der Waals surface area contributed by atoms with Crippen molar-refractivity contribution < 1.29 is 9.53 Å². The van der Waals surface area contributed by atoms with Crippen molar-refractivity contribution in [2.75, 3.05) is 13.7 Å². The second kappa shape index (κ2) is 6.60. The number of likely N-dealkylation sites (tertiary alicyclic amines) is 1. The molecule has 3 atom stereocenters. The van der Waals surface area contributed by atoms with E-state index in [9.17, 15) is 9.70 Å². The van der Waals surface area contributed by atoms with Gasteiger partial charge in [0.2, 0.25) is 0 Å². The Balaban J connectivity index is 1.89. The molecule has 1 saturated carbocycles. The molecule has 24 heavy (non-hydrogen) atoms. The summed E-state index contributed by atoms with van der Waals surface area (Å²) in [7, 11) is 1.36. The summed E-state index contributed by atoms with van der Waals surface area (Å²) in [5.74, 6) is 6.28. The van der Waals surface area contributed by atoms with Crippen LogP contribution in [0.1, 0.15) is 36.9 Å². The standard InChI is InChI=1S/C18H21N3O3/c1-13-12-14(8-10-19-13)6-7-15-4-3-5-16-18(15,20-23)9-11-21(16)17(22)24-2/h8,10,12,15-16H,3-5,9,11H2,1-2H3/t15?,16-,18-/m1/s1. The van der Waals surface area contributed by atoms with Gasteiger partial charge in [0, 0.05) is 24.0 Å². The summed E-state index contributed by atoms with van der Waals surface area (Å²) >= 11 is 0. The van der Waals surface area contributed by atoms with E-state index in [0.29, 0.717) is 13.0 Å². The van der Waals surface area contributed by atoms with E-state index in [1.807, 2.05) is 19.1 Å². The molecule has 0 N–H and O–H groups in total. The molecule has 1 aromatic rings. The minimum absolute atomic E-state index is 0.142. The first kappa shape index (κ1) is 16.4. The van der Waals surface area contributed by atoms with Crippen LogP contribution in [-0.4, -0.2) is 41.2 Å².